The minimum atomic E-state index is 0.121. The molecular formula is C14H11FN6S. The summed E-state index contributed by atoms with van der Waals surface area (Å²) in [7, 11) is 0. The van der Waals surface area contributed by atoms with Gasteiger partial charge in [0.05, 0.1) is 17.5 Å². The maximum atomic E-state index is 12.9. The van der Waals surface area contributed by atoms with Crippen LogP contribution in [-0.2, 0) is 13.0 Å². The standard InChI is InChI=1S/C14H11FN6S/c15-22-21-4-2-11-13(18-8-19-14(11)21)20-3-1-10-9(5-16)6-17-12(10)7-20/h2,4,6,8,17H,1,3,7H2. The van der Waals surface area contributed by atoms with Gasteiger partial charge in [0.1, 0.15) is 18.2 Å². The molecule has 0 bridgehead atoms. The number of nitriles is 1. The molecule has 3 aromatic heterocycles. The van der Waals surface area contributed by atoms with Crippen molar-refractivity contribution in [3.63, 3.8) is 0 Å². The molecule has 8 heteroatoms. The Kier molecular flexibility index (Phi) is 3.01. The Hall–Kier alpha value is -2.53. The normalized spacial score (nSPS) is 14.1. The Balaban J connectivity index is 1.75. The Morgan fingerprint density at radius 2 is 2.32 bits per heavy atom. The Morgan fingerprint density at radius 3 is 3.14 bits per heavy atom. The zero-order chi connectivity index (χ0) is 15.1. The van der Waals surface area contributed by atoms with Crippen molar-refractivity contribution in [3.8, 4) is 6.07 Å². The molecule has 110 valence electrons. The van der Waals surface area contributed by atoms with Gasteiger partial charge >= 0.3 is 0 Å². The predicted molar refractivity (Wildman–Crippen MR) is 81.9 cm³/mol. The van der Waals surface area contributed by atoms with Crippen molar-refractivity contribution >= 4 is 29.2 Å². The summed E-state index contributed by atoms with van der Waals surface area (Å²) < 4.78 is 14.2. The minimum Gasteiger partial charge on any atom is -0.362 e. The average Bonchev–Trinajstić information content (AvgIpc) is 3.17. The minimum absolute atomic E-state index is 0.121. The molecule has 6 nitrogen and oxygen atoms in total. The predicted octanol–water partition coefficient (Wildman–Crippen LogP) is 2.57. The first-order valence-corrected chi connectivity index (χ1v) is 7.44. The van der Waals surface area contributed by atoms with Crippen LogP contribution in [0, 0.1) is 11.3 Å². The van der Waals surface area contributed by atoms with E-state index in [-0.39, 0.29) is 12.3 Å². The molecule has 0 saturated heterocycles. The van der Waals surface area contributed by atoms with E-state index in [4.69, 9.17) is 5.26 Å². The number of nitrogens with zero attached hydrogens (tertiary/aromatic N) is 5. The Morgan fingerprint density at radius 1 is 1.41 bits per heavy atom. The zero-order valence-electron chi connectivity index (χ0n) is 11.5. The summed E-state index contributed by atoms with van der Waals surface area (Å²) in [6, 6.07) is 4.03. The van der Waals surface area contributed by atoms with Crippen molar-refractivity contribution in [2.75, 3.05) is 11.4 Å². The summed E-state index contributed by atoms with van der Waals surface area (Å²) in [6.45, 7) is 1.41. The molecule has 4 rings (SSSR count). The van der Waals surface area contributed by atoms with E-state index in [0.29, 0.717) is 17.8 Å². The van der Waals surface area contributed by atoms with Crippen LogP contribution < -0.4 is 4.90 Å². The lowest BCUT2D eigenvalue weighted by molar-refractivity contribution is 0.712. The monoisotopic (exact) mass is 314 g/mol. The number of aromatic nitrogens is 4. The summed E-state index contributed by atoms with van der Waals surface area (Å²) in [5.41, 5.74) is 3.39. The molecule has 0 amide bonds. The molecule has 0 unspecified atom stereocenters. The third-order valence-electron chi connectivity index (χ3n) is 3.98. The molecule has 0 saturated carbocycles. The van der Waals surface area contributed by atoms with Crippen LogP contribution in [0.25, 0.3) is 11.0 Å². The van der Waals surface area contributed by atoms with Crippen molar-refractivity contribution in [2.24, 2.45) is 0 Å². The molecule has 0 atom stereocenters. The summed E-state index contributed by atoms with van der Waals surface area (Å²) in [5.74, 6) is 0.788. The fraction of sp³-hybridized carbons (Fsp3) is 0.214. The Labute approximate surface area is 130 Å². The molecule has 0 fully saturated rings. The lowest BCUT2D eigenvalue weighted by Crippen LogP contribution is -2.31. The van der Waals surface area contributed by atoms with E-state index in [2.05, 4.69) is 25.9 Å². The second-order valence-electron chi connectivity index (χ2n) is 5.09. The smallest absolute Gasteiger partial charge is 0.171 e. The fourth-order valence-corrected chi connectivity index (χ4v) is 3.26. The van der Waals surface area contributed by atoms with E-state index in [1.165, 1.54) is 10.3 Å². The van der Waals surface area contributed by atoms with Crippen LogP contribution in [0.4, 0.5) is 9.70 Å². The van der Waals surface area contributed by atoms with Gasteiger partial charge in [-0.1, -0.05) is 0 Å². The van der Waals surface area contributed by atoms with Crippen LogP contribution in [0.15, 0.2) is 24.8 Å². The van der Waals surface area contributed by atoms with E-state index in [9.17, 15) is 3.89 Å². The number of hydrogen-bond acceptors (Lipinski definition) is 5. The second-order valence-corrected chi connectivity index (χ2v) is 5.62. The topological polar surface area (TPSA) is 73.5 Å². The first kappa shape index (κ1) is 13.2. The van der Waals surface area contributed by atoms with Crippen molar-refractivity contribution < 1.29 is 3.89 Å². The molecule has 0 aromatic carbocycles. The number of anilines is 1. The van der Waals surface area contributed by atoms with Crippen LogP contribution in [0.3, 0.4) is 0 Å². The van der Waals surface area contributed by atoms with Gasteiger partial charge in [-0.05, 0) is 18.1 Å². The number of nitrogens with one attached hydrogen (secondary N) is 1. The third kappa shape index (κ3) is 1.86. The van der Waals surface area contributed by atoms with Gasteiger partial charge in [0.15, 0.2) is 18.0 Å². The first-order valence-electron chi connectivity index (χ1n) is 6.77. The summed E-state index contributed by atoms with van der Waals surface area (Å²) in [5, 5.41) is 9.91. The SMILES string of the molecule is N#Cc1c[nH]c2c1CCN(c1ncnc3c1ccn3SF)C2. The van der Waals surface area contributed by atoms with Crippen LogP contribution in [0.1, 0.15) is 16.8 Å². The van der Waals surface area contributed by atoms with Gasteiger partial charge in [-0.25, -0.2) is 13.9 Å². The Bertz CT molecular complexity index is 893. The zero-order valence-corrected chi connectivity index (χ0v) is 12.3. The number of hydrogen-bond donors (Lipinski definition) is 1. The van der Waals surface area contributed by atoms with Gasteiger partial charge < -0.3 is 9.88 Å². The molecule has 0 radical (unpaired) electrons. The molecule has 1 aliphatic rings. The number of rotatable bonds is 2. The molecule has 4 heterocycles. The van der Waals surface area contributed by atoms with E-state index in [1.807, 2.05) is 6.07 Å². The van der Waals surface area contributed by atoms with Crippen molar-refractivity contribution in [1.82, 2.24) is 18.9 Å². The van der Waals surface area contributed by atoms with Crippen LogP contribution in [0.2, 0.25) is 0 Å². The summed E-state index contributed by atoms with van der Waals surface area (Å²) in [6.07, 6.45) is 5.63. The maximum Gasteiger partial charge on any atom is 0.171 e. The largest absolute Gasteiger partial charge is 0.362 e. The highest BCUT2D eigenvalue weighted by atomic mass is 32.2. The van der Waals surface area contributed by atoms with Crippen LogP contribution in [0.5, 0.6) is 0 Å². The number of H-pyrrole nitrogens is 1. The van der Waals surface area contributed by atoms with Gasteiger partial charge in [-0.2, -0.15) is 5.26 Å². The second kappa shape index (κ2) is 5.03. The number of halogens is 1. The first-order chi connectivity index (χ1) is 10.8. The van der Waals surface area contributed by atoms with E-state index < -0.39 is 0 Å². The molecule has 22 heavy (non-hydrogen) atoms. The van der Waals surface area contributed by atoms with Gasteiger partial charge in [0.25, 0.3) is 0 Å². The van der Waals surface area contributed by atoms with Gasteiger partial charge in [0, 0.05) is 24.6 Å². The van der Waals surface area contributed by atoms with Crippen LogP contribution in [-0.4, -0.2) is 25.5 Å². The quantitative estimate of drug-likeness (QED) is 0.787. The molecular weight excluding hydrogens is 303 g/mol. The lowest BCUT2D eigenvalue weighted by Gasteiger charge is -2.28. The van der Waals surface area contributed by atoms with Crippen molar-refractivity contribution in [3.05, 3.63) is 41.6 Å². The highest BCUT2D eigenvalue weighted by Crippen LogP contribution is 2.30. The van der Waals surface area contributed by atoms with E-state index in [0.717, 1.165) is 35.4 Å². The molecule has 0 spiro atoms. The number of aromatic amines is 1. The van der Waals surface area contributed by atoms with Crippen LogP contribution >= 0.6 is 12.3 Å². The molecule has 1 N–H and O–H groups in total. The highest BCUT2D eigenvalue weighted by Gasteiger charge is 2.23. The third-order valence-corrected chi connectivity index (χ3v) is 4.43. The summed E-state index contributed by atoms with van der Waals surface area (Å²) in [4.78, 5) is 13.8. The van der Waals surface area contributed by atoms with Gasteiger partial charge in [-0.15, -0.1) is 3.89 Å². The van der Waals surface area contributed by atoms with Crippen molar-refractivity contribution in [2.45, 2.75) is 13.0 Å². The fourth-order valence-electron chi connectivity index (χ4n) is 2.94. The molecule has 1 aliphatic heterocycles. The average molecular weight is 314 g/mol. The number of fused-ring (bicyclic) bond motifs is 2. The molecule has 0 aliphatic carbocycles. The van der Waals surface area contributed by atoms with E-state index >= 15 is 0 Å². The molecule has 3 aromatic rings. The van der Waals surface area contributed by atoms with Gasteiger partial charge in [0.2, 0.25) is 0 Å². The van der Waals surface area contributed by atoms with Crippen molar-refractivity contribution in [1.29, 1.82) is 5.26 Å². The van der Waals surface area contributed by atoms with E-state index in [1.54, 1.807) is 12.4 Å². The highest BCUT2D eigenvalue weighted by molar-refractivity contribution is 7.92. The van der Waals surface area contributed by atoms with Gasteiger partial charge in [-0.3, -0.25) is 0 Å². The lowest BCUT2D eigenvalue weighted by atomic mass is 10.0. The summed E-state index contributed by atoms with van der Waals surface area (Å²) >= 11 is 0.121. The maximum absolute atomic E-state index is 12.9.